The lowest BCUT2D eigenvalue weighted by Crippen LogP contribution is -2.48. The van der Waals surface area contributed by atoms with Crippen LogP contribution in [0.2, 0.25) is 0 Å². The lowest BCUT2D eigenvalue weighted by atomic mass is 10.0. The molecule has 4 nitrogen and oxygen atoms in total. The molecule has 1 fully saturated rings. The third-order valence-electron chi connectivity index (χ3n) is 3.96. The fourth-order valence-corrected chi connectivity index (χ4v) is 2.27. The first-order chi connectivity index (χ1) is 9.66. The first kappa shape index (κ1) is 15.5. The monoisotopic (exact) mass is 288 g/mol. The summed E-state index contributed by atoms with van der Waals surface area (Å²) in [4.78, 5) is 24.9. The minimum Gasteiger partial charge on any atom is -0.351 e. The third-order valence-corrected chi connectivity index (χ3v) is 3.96. The van der Waals surface area contributed by atoms with E-state index in [1.165, 1.54) is 0 Å². The van der Waals surface area contributed by atoms with Gasteiger partial charge in [-0.05, 0) is 64.7 Å². The number of benzene rings is 1. The van der Waals surface area contributed by atoms with Gasteiger partial charge in [-0.1, -0.05) is 12.1 Å². The van der Waals surface area contributed by atoms with Crippen LogP contribution in [0.5, 0.6) is 0 Å². The minimum absolute atomic E-state index is 0.169. The molecule has 0 aliphatic heterocycles. The quantitative estimate of drug-likeness (QED) is 0.840. The summed E-state index contributed by atoms with van der Waals surface area (Å²) in [7, 11) is 0. The van der Waals surface area contributed by atoms with Crippen LogP contribution in [0.15, 0.2) is 18.2 Å². The zero-order valence-corrected chi connectivity index (χ0v) is 13.5. The maximum atomic E-state index is 12.5. The Hall–Kier alpha value is -1.84. The maximum Gasteiger partial charge on any atom is 0.240 e. The Kier molecular flexibility index (Phi) is 3.83. The van der Waals surface area contributed by atoms with Crippen molar-refractivity contribution in [3.05, 3.63) is 29.3 Å². The highest BCUT2D eigenvalue weighted by Crippen LogP contribution is 2.47. The number of nitrogens with one attached hydrogen (secondary N) is 2. The van der Waals surface area contributed by atoms with Gasteiger partial charge in [0.25, 0.3) is 0 Å². The Bertz CT molecular complexity index is 581. The molecule has 0 aromatic heterocycles. The van der Waals surface area contributed by atoms with Crippen molar-refractivity contribution in [1.29, 1.82) is 0 Å². The Morgan fingerprint density at radius 2 is 1.71 bits per heavy atom. The zero-order chi connectivity index (χ0) is 15.8. The highest BCUT2D eigenvalue weighted by atomic mass is 16.2. The molecule has 114 valence electrons. The van der Waals surface area contributed by atoms with E-state index in [4.69, 9.17) is 0 Å². The van der Waals surface area contributed by atoms with Gasteiger partial charge in [-0.25, -0.2) is 0 Å². The second-order valence-electron chi connectivity index (χ2n) is 6.99. The third kappa shape index (κ3) is 3.26. The summed E-state index contributed by atoms with van der Waals surface area (Å²) >= 11 is 0. The summed E-state index contributed by atoms with van der Waals surface area (Å²) < 4.78 is 0. The van der Waals surface area contributed by atoms with Crippen LogP contribution in [-0.4, -0.2) is 17.4 Å². The van der Waals surface area contributed by atoms with Gasteiger partial charge in [0.05, 0.1) is 0 Å². The SMILES string of the molecule is Cc1cccc(NC(=O)C2(C(=O)NC(C)(C)C)CC2)c1C. The first-order valence-corrected chi connectivity index (χ1v) is 7.36. The number of carbonyl (C=O) groups excluding carboxylic acids is 2. The van der Waals surface area contributed by atoms with Gasteiger partial charge < -0.3 is 10.6 Å². The molecule has 2 rings (SSSR count). The van der Waals surface area contributed by atoms with E-state index in [2.05, 4.69) is 10.6 Å². The Balaban J connectivity index is 2.13. The number of carbonyl (C=O) groups is 2. The van der Waals surface area contributed by atoms with Gasteiger partial charge in [0, 0.05) is 11.2 Å². The molecule has 0 spiro atoms. The van der Waals surface area contributed by atoms with Gasteiger partial charge in [0.1, 0.15) is 5.41 Å². The van der Waals surface area contributed by atoms with E-state index in [9.17, 15) is 9.59 Å². The van der Waals surface area contributed by atoms with E-state index in [0.717, 1.165) is 16.8 Å². The lowest BCUT2D eigenvalue weighted by molar-refractivity contribution is -0.135. The fourth-order valence-electron chi connectivity index (χ4n) is 2.27. The van der Waals surface area contributed by atoms with E-state index in [1.54, 1.807) is 0 Å². The Morgan fingerprint density at radius 3 is 2.24 bits per heavy atom. The van der Waals surface area contributed by atoms with Crippen LogP contribution < -0.4 is 10.6 Å². The number of anilines is 1. The second-order valence-corrected chi connectivity index (χ2v) is 6.99. The standard InChI is InChI=1S/C17H24N2O2/c1-11-7-6-8-13(12(11)2)18-14(20)17(9-10-17)15(21)19-16(3,4)5/h6-8H,9-10H2,1-5H3,(H,18,20)(H,19,21). The smallest absolute Gasteiger partial charge is 0.240 e. The van der Waals surface area contributed by atoms with Gasteiger partial charge in [-0.15, -0.1) is 0 Å². The molecule has 2 amide bonds. The second kappa shape index (κ2) is 5.17. The van der Waals surface area contributed by atoms with Gasteiger partial charge in [0.2, 0.25) is 11.8 Å². The van der Waals surface area contributed by atoms with Crippen LogP contribution >= 0.6 is 0 Å². The highest BCUT2D eigenvalue weighted by Gasteiger charge is 2.57. The molecular formula is C17H24N2O2. The molecule has 21 heavy (non-hydrogen) atoms. The van der Waals surface area contributed by atoms with E-state index in [0.29, 0.717) is 12.8 Å². The van der Waals surface area contributed by atoms with Crippen molar-refractivity contribution in [3.63, 3.8) is 0 Å². The van der Waals surface area contributed by atoms with Crippen molar-refractivity contribution in [1.82, 2.24) is 5.32 Å². The van der Waals surface area contributed by atoms with Crippen molar-refractivity contribution >= 4 is 17.5 Å². The molecule has 0 atom stereocenters. The molecule has 0 bridgehead atoms. The number of amides is 2. The summed E-state index contributed by atoms with van der Waals surface area (Å²) in [5.41, 5.74) is 1.74. The van der Waals surface area contributed by atoms with Crippen molar-refractivity contribution in [2.24, 2.45) is 5.41 Å². The largest absolute Gasteiger partial charge is 0.351 e. The van der Waals surface area contributed by atoms with Crippen LogP contribution in [0.1, 0.15) is 44.7 Å². The van der Waals surface area contributed by atoms with E-state index < -0.39 is 5.41 Å². The number of aryl methyl sites for hydroxylation is 1. The van der Waals surface area contributed by atoms with E-state index >= 15 is 0 Å². The molecule has 1 aromatic carbocycles. The summed E-state index contributed by atoms with van der Waals surface area (Å²) in [6.45, 7) is 9.74. The molecular weight excluding hydrogens is 264 g/mol. The molecule has 0 heterocycles. The van der Waals surface area contributed by atoms with Gasteiger partial charge in [0.15, 0.2) is 0 Å². The Morgan fingerprint density at radius 1 is 1.10 bits per heavy atom. The molecule has 4 heteroatoms. The van der Waals surface area contributed by atoms with Crippen molar-refractivity contribution in [3.8, 4) is 0 Å². The number of hydrogen-bond donors (Lipinski definition) is 2. The summed E-state index contributed by atoms with van der Waals surface area (Å²) in [6, 6.07) is 5.79. The predicted octanol–water partition coefficient (Wildman–Crippen LogP) is 2.94. The van der Waals surface area contributed by atoms with Crippen molar-refractivity contribution in [2.45, 2.75) is 53.0 Å². The van der Waals surface area contributed by atoms with Gasteiger partial charge in [-0.3, -0.25) is 9.59 Å². The fraction of sp³-hybridized carbons (Fsp3) is 0.529. The average Bonchev–Trinajstić information content (AvgIpc) is 3.14. The zero-order valence-electron chi connectivity index (χ0n) is 13.5. The van der Waals surface area contributed by atoms with Gasteiger partial charge >= 0.3 is 0 Å². The first-order valence-electron chi connectivity index (χ1n) is 7.36. The van der Waals surface area contributed by atoms with E-state index in [1.807, 2.05) is 52.8 Å². The summed E-state index contributed by atoms with van der Waals surface area (Å²) in [5, 5.41) is 5.84. The molecule has 1 aliphatic rings. The lowest BCUT2D eigenvalue weighted by Gasteiger charge is -2.24. The summed E-state index contributed by atoms with van der Waals surface area (Å²) in [6.07, 6.45) is 1.23. The predicted molar refractivity (Wildman–Crippen MR) is 84.1 cm³/mol. The molecule has 0 radical (unpaired) electrons. The highest BCUT2D eigenvalue weighted by molar-refractivity contribution is 6.13. The van der Waals surface area contributed by atoms with Crippen LogP contribution in [-0.2, 0) is 9.59 Å². The van der Waals surface area contributed by atoms with Crippen molar-refractivity contribution < 1.29 is 9.59 Å². The minimum atomic E-state index is -0.885. The normalized spacial score (nSPS) is 16.2. The Labute approximate surface area is 126 Å². The van der Waals surface area contributed by atoms with Crippen LogP contribution in [0.3, 0.4) is 0 Å². The van der Waals surface area contributed by atoms with Crippen LogP contribution in [0.25, 0.3) is 0 Å². The molecule has 1 aliphatic carbocycles. The topological polar surface area (TPSA) is 58.2 Å². The van der Waals surface area contributed by atoms with Gasteiger partial charge in [-0.2, -0.15) is 0 Å². The molecule has 0 unspecified atom stereocenters. The summed E-state index contributed by atoms with van der Waals surface area (Å²) in [5.74, 6) is -0.365. The molecule has 0 saturated heterocycles. The number of hydrogen-bond acceptors (Lipinski definition) is 2. The van der Waals surface area contributed by atoms with Crippen LogP contribution in [0, 0.1) is 19.3 Å². The average molecular weight is 288 g/mol. The maximum absolute atomic E-state index is 12.5. The number of rotatable bonds is 3. The molecule has 2 N–H and O–H groups in total. The van der Waals surface area contributed by atoms with Crippen LogP contribution in [0.4, 0.5) is 5.69 Å². The van der Waals surface area contributed by atoms with Crippen molar-refractivity contribution in [2.75, 3.05) is 5.32 Å². The van der Waals surface area contributed by atoms with E-state index in [-0.39, 0.29) is 17.4 Å². The molecule has 1 aromatic rings. The molecule has 1 saturated carbocycles.